The fourth-order valence-corrected chi connectivity index (χ4v) is 9.86. The molecule has 0 aliphatic carbocycles. The lowest BCUT2D eigenvalue weighted by Gasteiger charge is -2.10. The molecule has 0 aliphatic heterocycles. The number of hydrogen-bond acceptors (Lipinski definition) is 3. The van der Waals surface area contributed by atoms with E-state index in [9.17, 15) is 0 Å². The van der Waals surface area contributed by atoms with Gasteiger partial charge in [-0.15, -0.1) is 11.3 Å². The Balaban J connectivity index is 1.05. The molecule has 0 atom stereocenters. The van der Waals surface area contributed by atoms with Gasteiger partial charge >= 0.3 is 0 Å². The van der Waals surface area contributed by atoms with Crippen molar-refractivity contribution in [1.82, 2.24) is 19.1 Å². The average molecular weight is 745 g/mol. The summed E-state index contributed by atoms with van der Waals surface area (Å²) in [6.07, 6.45) is 0. The van der Waals surface area contributed by atoms with Gasteiger partial charge in [-0.3, -0.25) is 0 Å². The number of benzene rings is 8. The molecular formula is C52H32N4S. The molecule has 57 heavy (non-hydrogen) atoms. The number of para-hydroxylation sites is 3. The molecule has 0 bridgehead atoms. The first-order valence-electron chi connectivity index (χ1n) is 19.2. The standard InChI is InChI=1S/C52H32N4S/c1-3-14-33(15-4-1)50-49-41-22-9-12-25-48(41)57-52(49)54-51(53-50)36-17-13-16-34(30-36)35-26-28-46-42(31-35)43-32-38(27-29-47(43)55(46)37-18-5-2-6-19-37)56-44-23-10-7-20-39(44)40-21-8-11-24-45(40)56/h1-32H. The first-order valence-corrected chi connectivity index (χ1v) is 20.1. The van der Waals surface area contributed by atoms with Gasteiger partial charge in [0.25, 0.3) is 0 Å². The largest absolute Gasteiger partial charge is 0.309 e. The zero-order chi connectivity index (χ0) is 37.5. The number of aromatic nitrogens is 4. The van der Waals surface area contributed by atoms with Crippen molar-refractivity contribution in [2.45, 2.75) is 0 Å². The fourth-order valence-electron chi connectivity index (χ4n) is 8.78. The first kappa shape index (κ1) is 32.0. The summed E-state index contributed by atoms with van der Waals surface area (Å²) in [4.78, 5) is 11.5. The van der Waals surface area contributed by atoms with Crippen LogP contribution < -0.4 is 0 Å². The summed E-state index contributed by atoms with van der Waals surface area (Å²) in [6, 6.07) is 69.6. The van der Waals surface area contributed by atoms with Gasteiger partial charge in [-0.2, -0.15) is 0 Å². The quantitative estimate of drug-likeness (QED) is 0.176. The summed E-state index contributed by atoms with van der Waals surface area (Å²) in [7, 11) is 0. The minimum absolute atomic E-state index is 0.729. The first-order chi connectivity index (χ1) is 28.3. The van der Waals surface area contributed by atoms with Crippen LogP contribution in [0.2, 0.25) is 0 Å². The molecule has 4 heterocycles. The monoisotopic (exact) mass is 744 g/mol. The van der Waals surface area contributed by atoms with Gasteiger partial charge in [-0.05, 0) is 77.9 Å². The van der Waals surface area contributed by atoms with Crippen LogP contribution in [-0.4, -0.2) is 19.1 Å². The van der Waals surface area contributed by atoms with E-state index in [-0.39, 0.29) is 0 Å². The van der Waals surface area contributed by atoms with Gasteiger partial charge in [0.2, 0.25) is 0 Å². The summed E-state index contributed by atoms with van der Waals surface area (Å²) < 4.78 is 6.01. The molecule has 4 nitrogen and oxygen atoms in total. The second kappa shape index (κ2) is 12.6. The molecule has 8 aromatic carbocycles. The Labute approximate surface area is 332 Å². The summed E-state index contributed by atoms with van der Waals surface area (Å²) >= 11 is 1.73. The zero-order valence-electron chi connectivity index (χ0n) is 30.7. The predicted octanol–water partition coefficient (Wildman–Crippen LogP) is 14.0. The molecule has 0 amide bonds. The van der Waals surface area contributed by atoms with Crippen molar-refractivity contribution in [3.8, 4) is 45.1 Å². The normalized spacial score (nSPS) is 11.9. The number of fused-ring (bicyclic) bond motifs is 9. The highest BCUT2D eigenvalue weighted by atomic mass is 32.1. The molecule has 0 fully saturated rings. The lowest BCUT2D eigenvalue weighted by atomic mass is 10.00. The maximum atomic E-state index is 5.29. The van der Waals surface area contributed by atoms with Crippen LogP contribution in [0.3, 0.4) is 0 Å². The fraction of sp³-hybridized carbons (Fsp3) is 0. The van der Waals surface area contributed by atoms with Crippen LogP contribution in [0.5, 0.6) is 0 Å². The maximum Gasteiger partial charge on any atom is 0.161 e. The second-order valence-electron chi connectivity index (χ2n) is 14.6. The lowest BCUT2D eigenvalue weighted by molar-refractivity contribution is 1.17. The van der Waals surface area contributed by atoms with Crippen LogP contribution in [0.4, 0.5) is 0 Å². The van der Waals surface area contributed by atoms with Crippen molar-refractivity contribution in [3.63, 3.8) is 0 Å². The van der Waals surface area contributed by atoms with Gasteiger partial charge in [0, 0.05) is 59.5 Å². The number of hydrogen-bond donors (Lipinski definition) is 0. The van der Waals surface area contributed by atoms with Gasteiger partial charge in [0.05, 0.1) is 27.8 Å². The summed E-state index contributed by atoms with van der Waals surface area (Å²) in [5, 5.41) is 7.23. The predicted molar refractivity (Wildman–Crippen MR) is 240 cm³/mol. The summed E-state index contributed by atoms with van der Waals surface area (Å²) in [5.41, 5.74) is 12.3. The molecule has 266 valence electrons. The Morgan fingerprint density at radius 2 is 0.912 bits per heavy atom. The van der Waals surface area contributed by atoms with Crippen LogP contribution in [-0.2, 0) is 0 Å². The molecule has 0 radical (unpaired) electrons. The Kier molecular flexibility index (Phi) is 7.06. The van der Waals surface area contributed by atoms with E-state index in [0.29, 0.717) is 0 Å². The minimum atomic E-state index is 0.729. The third kappa shape index (κ3) is 4.99. The molecule has 0 saturated carbocycles. The highest BCUT2D eigenvalue weighted by Gasteiger charge is 2.19. The van der Waals surface area contributed by atoms with Crippen molar-refractivity contribution in [3.05, 3.63) is 194 Å². The van der Waals surface area contributed by atoms with Crippen LogP contribution >= 0.6 is 11.3 Å². The van der Waals surface area contributed by atoms with E-state index in [2.05, 4.69) is 203 Å². The second-order valence-corrected chi connectivity index (χ2v) is 15.6. The van der Waals surface area contributed by atoms with Crippen molar-refractivity contribution < 1.29 is 0 Å². The van der Waals surface area contributed by atoms with Gasteiger partial charge < -0.3 is 9.13 Å². The van der Waals surface area contributed by atoms with E-state index in [4.69, 9.17) is 9.97 Å². The molecule has 0 unspecified atom stereocenters. The molecule has 4 aromatic heterocycles. The van der Waals surface area contributed by atoms with Gasteiger partial charge in [0.1, 0.15) is 4.83 Å². The smallest absolute Gasteiger partial charge is 0.161 e. The van der Waals surface area contributed by atoms with Crippen molar-refractivity contribution in [2.75, 3.05) is 0 Å². The SMILES string of the molecule is c1ccc(-c2nc(-c3cccc(-c4ccc5c(c4)c4cc(-n6c7ccccc7c7ccccc76)ccc4n5-c4ccccc4)c3)nc3sc4ccccc4c23)cc1. The number of rotatable bonds is 5. The zero-order valence-corrected chi connectivity index (χ0v) is 31.5. The Morgan fingerprint density at radius 3 is 1.68 bits per heavy atom. The van der Waals surface area contributed by atoms with Crippen LogP contribution in [0.25, 0.3) is 109 Å². The van der Waals surface area contributed by atoms with Crippen molar-refractivity contribution >= 4 is 75.3 Å². The summed E-state index contributed by atoms with van der Waals surface area (Å²) in [6.45, 7) is 0. The third-order valence-corrected chi connectivity index (χ3v) is 12.4. The van der Waals surface area contributed by atoms with Crippen molar-refractivity contribution in [1.29, 1.82) is 0 Å². The number of thiophene rings is 1. The minimum Gasteiger partial charge on any atom is -0.309 e. The van der Waals surface area contributed by atoms with E-state index in [0.717, 1.165) is 55.4 Å². The van der Waals surface area contributed by atoms with E-state index in [1.165, 1.54) is 53.7 Å². The third-order valence-electron chi connectivity index (χ3n) is 11.3. The Bertz CT molecular complexity index is 3470. The molecule has 0 aliphatic rings. The Morgan fingerprint density at radius 1 is 0.351 bits per heavy atom. The lowest BCUT2D eigenvalue weighted by Crippen LogP contribution is -1.95. The summed E-state index contributed by atoms with van der Waals surface area (Å²) in [5.74, 6) is 0.729. The molecule has 0 N–H and O–H groups in total. The van der Waals surface area contributed by atoms with E-state index in [1.807, 2.05) is 0 Å². The van der Waals surface area contributed by atoms with Gasteiger partial charge in [-0.1, -0.05) is 127 Å². The van der Waals surface area contributed by atoms with Crippen LogP contribution in [0.15, 0.2) is 194 Å². The molecule has 5 heteroatoms. The van der Waals surface area contributed by atoms with Gasteiger partial charge in [0.15, 0.2) is 5.82 Å². The molecule has 12 rings (SSSR count). The average Bonchev–Trinajstić information content (AvgIpc) is 3.94. The van der Waals surface area contributed by atoms with Crippen LogP contribution in [0, 0.1) is 0 Å². The Hall–Kier alpha value is -7.34. The van der Waals surface area contributed by atoms with E-state index < -0.39 is 0 Å². The van der Waals surface area contributed by atoms with E-state index >= 15 is 0 Å². The van der Waals surface area contributed by atoms with Crippen molar-refractivity contribution in [2.24, 2.45) is 0 Å². The highest BCUT2D eigenvalue weighted by molar-refractivity contribution is 7.25. The molecular weight excluding hydrogens is 713 g/mol. The van der Waals surface area contributed by atoms with E-state index in [1.54, 1.807) is 11.3 Å². The topological polar surface area (TPSA) is 35.6 Å². The maximum absolute atomic E-state index is 5.29. The number of nitrogens with zero attached hydrogens (tertiary/aromatic N) is 4. The van der Waals surface area contributed by atoms with Gasteiger partial charge in [-0.25, -0.2) is 9.97 Å². The van der Waals surface area contributed by atoms with Crippen LogP contribution in [0.1, 0.15) is 0 Å². The molecule has 0 saturated heterocycles. The highest BCUT2D eigenvalue weighted by Crippen LogP contribution is 2.41. The molecule has 0 spiro atoms. The molecule has 12 aromatic rings.